The number of aromatic nitrogens is 3. The van der Waals surface area contributed by atoms with E-state index in [1.54, 1.807) is 6.92 Å². The van der Waals surface area contributed by atoms with Crippen LogP contribution in [0.4, 0.5) is 0 Å². The minimum absolute atomic E-state index is 0.0451. The standard InChI is InChI=1S/C19H25N5O2S/c1-13-5-7-17(8-6-13)24-15(3)20-21-19(24)27-12-18(26)22-9-10-23(16(4)25)14(2)11-22/h5-8,14H,9-12H2,1-4H3. The van der Waals surface area contributed by atoms with Gasteiger partial charge in [-0.05, 0) is 32.9 Å². The average Bonchev–Trinajstić information content (AvgIpc) is 3.00. The number of carbonyl (C=O) groups is 2. The molecule has 3 rings (SSSR count). The molecular formula is C19H25N5O2S. The summed E-state index contributed by atoms with van der Waals surface area (Å²) in [7, 11) is 0. The molecule has 1 unspecified atom stereocenters. The van der Waals surface area contributed by atoms with Crippen LogP contribution in [0.15, 0.2) is 29.4 Å². The number of carbonyl (C=O) groups excluding carboxylic acids is 2. The summed E-state index contributed by atoms with van der Waals surface area (Å²) in [5.74, 6) is 1.21. The summed E-state index contributed by atoms with van der Waals surface area (Å²) >= 11 is 1.39. The van der Waals surface area contributed by atoms with Crippen LogP contribution in [0, 0.1) is 13.8 Å². The first-order valence-electron chi connectivity index (χ1n) is 9.03. The van der Waals surface area contributed by atoms with Gasteiger partial charge in [0.15, 0.2) is 5.16 Å². The molecule has 1 aliphatic heterocycles. The Morgan fingerprint density at radius 3 is 2.48 bits per heavy atom. The molecule has 2 amide bonds. The molecule has 1 aromatic heterocycles. The molecule has 0 bridgehead atoms. The van der Waals surface area contributed by atoms with Gasteiger partial charge in [-0.1, -0.05) is 29.5 Å². The number of nitrogens with zero attached hydrogens (tertiary/aromatic N) is 5. The molecule has 7 nitrogen and oxygen atoms in total. The molecule has 2 aromatic rings. The predicted molar refractivity (Wildman–Crippen MR) is 105 cm³/mol. The smallest absolute Gasteiger partial charge is 0.233 e. The van der Waals surface area contributed by atoms with Crippen molar-refractivity contribution < 1.29 is 9.59 Å². The Morgan fingerprint density at radius 2 is 1.85 bits per heavy atom. The van der Waals surface area contributed by atoms with E-state index in [0.717, 1.165) is 11.5 Å². The monoisotopic (exact) mass is 387 g/mol. The van der Waals surface area contributed by atoms with Crippen molar-refractivity contribution in [2.45, 2.75) is 38.9 Å². The molecule has 144 valence electrons. The zero-order valence-electron chi connectivity index (χ0n) is 16.2. The number of hydrogen-bond donors (Lipinski definition) is 0. The molecule has 0 aliphatic carbocycles. The molecule has 1 fully saturated rings. The maximum absolute atomic E-state index is 12.6. The fourth-order valence-corrected chi connectivity index (χ4v) is 4.20. The van der Waals surface area contributed by atoms with Crippen LogP contribution in [-0.4, -0.2) is 67.8 Å². The molecule has 2 heterocycles. The first-order chi connectivity index (χ1) is 12.9. The van der Waals surface area contributed by atoms with Gasteiger partial charge in [0.1, 0.15) is 5.82 Å². The topological polar surface area (TPSA) is 71.3 Å². The van der Waals surface area contributed by atoms with Crippen molar-refractivity contribution in [3.63, 3.8) is 0 Å². The third-order valence-corrected chi connectivity index (χ3v) is 5.71. The van der Waals surface area contributed by atoms with E-state index in [4.69, 9.17) is 0 Å². The van der Waals surface area contributed by atoms with Gasteiger partial charge in [0.05, 0.1) is 5.75 Å². The molecule has 1 saturated heterocycles. The molecule has 0 saturated carbocycles. The molecule has 8 heteroatoms. The van der Waals surface area contributed by atoms with Crippen molar-refractivity contribution in [1.29, 1.82) is 0 Å². The summed E-state index contributed by atoms with van der Waals surface area (Å²) in [4.78, 5) is 27.9. The fraction of sp³-hybridized carbons (Fsp3) is 0.474. The lowest BCUT2D eigenvalue weighted by Gasteiger charge is -2.39. The van der Waals surface area contributed by atoms with E-state index in [2.05, 4.69) is 10.2 Å². The summed E-state index contributed by atoms with van der Waals surface area (Å²) < 4.78 is 1.97. The zero-order valence-corrected chi connectivity index (χ0v) is 17.0. The molecule has 0 spiro atoms. The maximum Gasteiger partial charge on any atom is 0.233 e. The van der Waals surface area contributed by atoms with Gasteiger partial charge in [-0.3, -0.25) is 14.2 Å². The second-order valence-corrected chi connectivity index (χ2v) is 7.83. The first-order valence-corrected chi connectivity index (χ1v) is 10.0. The number of rotatable bonds is 4. The van der Waals surface area contributed by atoms with Gasteiger partial charge in [0.25, 0.3) is 0 Å². The minimum Gasteiger partial charge on any atom is -0.338 e. The highest BCUT2D eigenvalue weighted by molar-refractivity contribution is 7.99. The van der Waals surface area contributed by atoms with Crippen molar-refractivity contribution in [3.8, 4) is 5.69 Å². The molecule has 27 heavy (non-hydrogen) atoms. The Kier molecular flexibility index (Phi) is 5.84. The number of aryl methyl sites for hydroxylation is 2. The highest BCUT2D eigenvalue weighted by atomic mass is 32.2. The van der Waals surface area contributed by atoms with Crippen LogP contribution in [0.1, 0.15) is 25.2 Å². The fourth-order valence-electron chi connectivity index (χ4n) is 3.30. The Morgan fingerprint density at radius 1 is 1.15 bits per heavy atom. The number of benzene rings is 1. The minimum atomic E-state index is 0.0451. The average molecular weight is 388 g/mol. The third-order valence-electron chi connectivity index (χ3n) is 4.80. The van der Waals surface area contributed by atoms with Crippen LogP contribution in [-0.2, 0) is 9.59 Å². The highest BCUT2D eigenvalue weighted by Gasteiger charge is 2.28. The van der Waals surface area contributed by atoms with E-state index in [-0.39, 0.29) is 17.9 Å². The van der Waals surface area contributed by atoms with E-state index < -0.39 is 0 Å². The van der Waals surface area contributed by atoms with Gasteiger partial charge in [-0.15, -0.1) is 10.2 Å². The zero-order chi connectivity index (χ0) is 19.6. The summed E-state index contributed by atoms with van der Waals surface area (Å²) in [5.41, 5.74) is 2.18. The largest absolute Gasteiger partial charge is 0.338 e. The van der Waals surface area contributed by atoms with Gasteiger partial charge in [-0.25, -0.2) is 0 Å². The van der Waals surface area contributed by atoms with E-state index in [1.165, 1.54) is 17.3 Å². The summed E-state index contributed by atoms with van der Waals surface area (Å²) in [6.45, 7) is 9.24. The Bertz CT molecular complexity index is 833. The second kappa shape index (κ2) is 8.12. The van der Waals surface area contributed by atoms with Crippen molar-refractivity contribution in [1.82, 2.24) is 24.6 Å². The number of hydrogen-bond acceptors (Lipinski definition) is 5. The van der Waals surface area contributed by atoms with Crippen LogP contribution in [0.25, 0.3) is 5.69 Å². The number of piperazine rings is 1. The normalized spacial score (nSPS) is 17.3. The van der Waals surface area contributed by atoms with Crippen molar-refractivity contribution in [2.75, 3.05) is 25.4 Å². The van der Waals surface area contributed by atoms with E-state index >= 15 is 0 Å². The summed E-state index contributed by atoms with van der Waals surface area (Å²) in [5, 5.41) is 9.11. The van der Waals surface area contributed by atoms with E-state index in [0.29, 0.717) is 30.5 Å². The van der Waals surface area contributed by atoms with Crippen molar-refractivity contribution in [2.24, 2.45) is 0 Å². The molecule has 1 atom stereocenters. The van der Waals surface area contributed by atoms with Crippen LogP contribution in [0.3, 0.4) is 0 Å². The third kappa shape index (κ3) is 4.32. The number of thioether (sulfide) groups is 1. The van der Waals surface area contributed by atoms with Crippen LogP contribution < -0.4 is 0 Å². The molecular weight excluding hydrogens is 362 g/mol. The maximum atomic E-state index is 12.6. The number of amides is 2. The SMILES string of the molecule is CC(=O)N1CCN(C(=O)CSc2nnc(C)n2-c2ccc(C)cc2)CC1C. The van der Waals surface area contributed by atoms with E-state index in [1.807, 2.05) is 59.4 Å². The van der Waals surface area contributed by atoms with Gasteiger partial charge in [0, 0.05) is 38.3 Å². The Balaban J connectivity index is 1.65. The predicted octanol–water partition coefficient (Wildman–Crippen LogP) is 2.06. The molecule has 1 aromatic carbocycles. The van der Waals surface area contributed by atoms with E-state index in [9.17, 15) is 9.59 Å². The molecule has 0 radical (unpaired) electrons. The quantitative estimate of drug-likeness (QED) is 0.751. The van der Waals surface area contributed by atoms with Crippen LogP contribution in [0.5, 0.6) is 0 Å². The highest BCUT2D eigenvalue weighted by Crippen LogP contribution is 2.23. The summed E-state index contributed by atoms with van der Waals surface area (Å²) in [6, 6.07) is 8.19. The lowest BCUT2D eigenvalue weighted by Crippen LogP contribution is -2.55. The first kappa shape index (κ1) is 19.4. The molecule has 1 aliphatic rings. The van der Waals surface area contributed by atoms with Gasteiger partial charge in [0.2, 0.25) is 11.8 Å². The lowest BCUT2D eigenvalue weighted by atomic mass is 10.2. The Labute approximate surface area is 163 Å². The van der Waals surface area contributed by atoms with Gasteiger partial charge < -0.3 is 9.80 Å². The van der Waals surface area contributed by atoms with Crippen molar-refractivity contribution >= 4 is 23.6 Å². The lowest BCUT2D eigenvalue weighted by molar-refractivity contribution is -0.139. The van der Waals surface area contributed by atoms with Crippen LogP contribution >= 0.6 is 11.8 Å². The van der Waals surface area contributed by atoms with Crippen LogP contribution in [0.2, 0.25) is 0 Å². The second-order valence-electron chi connectivity index (χ2n) is 6.89. The van der Waals surface area contributed by atoms with Gasteiger partial charge in [-0.2, -0.15) is 0 Å². The van der Waals surface area contributed by atoms with Crippen molar-refractivity contribution in [3.05, 3.63) is 35.7 Å². The van der Waals surface area contributed by atoms with Gasteiger partial charge >= 0.3 is 0 Å². The summed E-state index contributed by atoms with van der Waals surface area (Å²) in [6.07, 6.45) is 0. The Hall–Kier alpha value is -2.35. The molecule has 0 N–H and O–H groups in total.